The molecule has 0 saturated carbocycles. The maximum Gasteiger partial charge on any atom is 0.0449 e. The van der Waals surface area contributed by atoms with Gasteiger partial charge in [-0.3, -0.25) is 0 Å². The molecule has 0 radical (unpaired) electrons. The van der Waals surface area contributed by atoms with Crippen molar-refractivity contribution < 1.29 is 0 Å². The lowest BCUT2D eigenvalue weighted by atomic mass is 9.83. The Morgan fingerprint density at radius 2 is 1.41 bits per heavy atom. The van der Waals surface area contributed by atoms with Gasteiger partial charge in [-0.25, -0.2) is 0 Å². The summed E-state index contributed by atoms with van der Waals surface area (Å²) in [6.07, 6.45) is 6.07. The topological polar surface area (TPSA) is 0 Å². The highest BCUT2D eigenvalue weighted by molar-refractivity contribution is 8.12. The lowest BCUT2D eigenvalue weighted by Gasteiger charge is -2.33. The van der Waals surface area contributed by atoms with E-state index in [0.29, 0.717) is 0 Å². The van der Waals surface area contributed by atoms with Crippen LogP contribution in [0, 0.1) is 10.8 Å². The zero-order valence-electron chi connectivity index (χ0n) is 17.9. The van der Waals surface area contributed by atoms with Crippen LogP contribution in [0.1, 0.15) is 71.6 Å². The number of allylic oxidation sites excluding steroid dienone is 3. The predicted molar refractivity (Wildman–Crippen MR) is 128 cm³/mol. The number of rotatable bonds is 4. The lowest BCUT2D eigenvalue weighted by Crippen LogP contribution is -2.17. The molecule has 0 amide bonds. The van der Waals surface area contributed by atoms with Crippen molar-refractivity contribution in [1.29, 1.82) is 0 Å². The second-order valence-corrected chi connectivity index (χ2v) is 13.0. The van der Waals surface area contributed by atoms with Gasteiger partial charge in [-0.2, -0.15) is 0 Å². The van der Waals surface area contributed by atoms with Gasteiger partial charge in [-0.05, 0) is 46.4 Å². The molecule has 1 aliphatic heterocycles. The zero-order valence-corrected chi connectivity index (χ0v) is 20.3. The van der Waals surface area contributed by atoms with Gasteiger partial charge >= 0.3 is 0 Å². The van der Waals surface area contributed by atoms with Crippen LogP contribution in [0.15, 0.2) is 41.3 Å². The van der Waals surface area contributed by atoms with Gasteiger partial charge in [0.15, 0.2) is 0 Å². The molecular weight excluding hydrogens is 384 g/mol. The summed E-state index contributed by atoms with van der Waals surface area (Å²) in [7, 11) is 0. The second-order valence-electron chi connectivity index (χ2n) is 9.76. The molecule has 1 aliphatic rings. The molecule has 0 fully saturated rings. The summed E-state index contributed by atoms with van der Waals surface area (Å²) in [5, 5.41) is 0. The highest BCUT2D eigenvalue weighted by Crippen LogP contribution is 2.52. The quantitative estimate of drug-likeness (QED) is 0.478. The maximum absolute atomic E-state index is 2.47. The van der Waals surface area contributed by atoms with Crippen LogP contribution in [-0.2, 0) is 5.41 Å². The summed E-state index contributed by atoms with van der Waals surface area (Å²) in [5.74, 6) is 0. The van der Waals surface area contributed by atoms with Crippen LogP contribution in [0.4, 0.5) is 0 Å². The van der Waals surface area contributed by atoms with Gasteiger partial charge in [0.05, 0.1) is 0 Å². The van der Waals surface area contributed by atoms with E-state index in [2.05, 4.69) is 91.8 Å². The fourth-order valence-corrected chi connectivity index (χ4v) is 6.87. The molecule has 0 N–H and O–H groups in total. The first kappa shape index (κ1) is 21.0. The van der Waals surface area contributed by atoms with Crippen LogP contribution in [0.5, 0.6) is 0 Å². The highest BCUT2D eigenvalue weighted by atomic mass is 32.2. The van der Waals surface area contributed by atoms with E-state index in [4.69, 9.17) is 0 Å². The molecular formula is C24H32S3. The minimum absolute atomic E-state index is 0.106. The number of thioether (sulfide) groups is 1. The van der Waals surface area contributed by atoms with Gasteiger partial charge in [-0.15, -0.1) is 22.7 Å². The van der Waals surface area contributed by atoms with Crippen LogP contribution in [0.3, 0.4) is 0 Å². The number of hydrogen-bond acceptors (Lipinski definition) is 3. The summed E-state index contributed by atoms with van der Waals surface area (Å²) < 4.78 is 0. The monoisotopic (exact) mass is 416 g/mol. The van der Waals surface area contributed by atoms with Crippen LogP contribution in [-0.4, -0.2) is 0 Å². The van der Waals surface area contributed by atoms with Crippen molar-refractivity contribution in [2.24, 2.45) is 10.8 Å². The largest absolute Gasteiger partial charge is 0.139 e. The maximum atomic E-state index is 2.47. The van der Waals surface area contributed by atoms with Crippen molar-refractivity contribution in [1.82, 2.24) is 0 Å². The Morgan fingerprint density at radius 3 is 2.00 bits per heavy atom. The van der Waals surface area contributed by atoms with E-state index in [0.717, 1.165) is 6.42 Å². The van der Waals surface area contributed by atoms with Gasteiger partial charge in [0.1, 0.15) is 0 Å². The molecule has 146 valence electrons. The van der Waals surface area contributed by atoms with Gasteiger partial charge in [0.25, 0.3) is 0 Å². The summed E-state index contributed by atoms with van der Waals surface area (Å²) in [5.41, 5.74) is 0.561. The summed E-state index contributed by atoms with van der Waals surface area (Å²) >= 11 is 5.84. The third-order valence-electron chi connectivity index (χ3n) is 5.21. The van der Waals surface area contributed by atoms with Gasteiger partial charge < -0.3 is 0 Å². The third-order valence-corrected chi connectivity index (χ3v) is 9.62. The van der Waals surface area contributed by atoms with Crippen molar-refractivity contribution >= 4 is 39.3 Å². The van der Waals surface area contributed by atoms with Crippen LogP contribution >= 0.6 is 34.4 Å². The summed E-state index contributed by atoms with van der Waals surface area (Å²) in [6.45, 7) is 18.5. The van der Waals surface area contributed by atoms with E-state index in [9.17, 15) is 0 Å². The fraction of sp³-hybridized carbons (Fsp3) is 0.500. The minimum atomic E-state index is 0.106. The number of thiophene rings is 2. The van der Waals surface area contributed by atoms with Crippen molar-refractivity contribution in [3.05, 3.63) is 51.1 Å². The Balaban J connectivity index is 1.90. The van der Waals surface area contributed by atoms with Gasteiger partial charge in [-0.1, -0.05) is 79.3 Å². The van der Waals surface area contributed by atoms with E-state index in [1.54, 1.807) is 0 Å². The molecule has 27 heavy (non-hydrogen) atoms. The predicted octanol–water partition coefficient (Wildman–Crippen LogP) is 9.21. The van der Waals surface area contributed by atoms with E-state index in [-0.39, 0.29) is 16.2 Å². The Kier molecular flexibility index (Phi) is 5.62. The fourth-order valence-electron chi connectivity index (χ4n) is 3.00. The van der Waals surface area contributed by atoms with E-state index in [1.807, 2.05) is 34.4 Å². The molecule has 2 aromatic rings. The van der Waals surface area contributed by atoms with Crippen molar-refractivity contribution in [2.45, 2.75) is 67.2 Å². The Hall–Kier alpha value is -0.770. The smallest absolute Gasteiger partial charge is 0.0449 e. The van der Waals surface area contributed by atoms with Crippen LogP contribution < -0.4 is 0 Å². The first-order valence-corrected chi connectivity index (χ1v) is 12.2. The zero-order chi connectivity index (χ0) is 20.0. The van der Waals surface area contributed by atoms with E-state index < -0.39 is 0 Å². The first-order valence-electron chi connectivity index (χ1n) is 9.76. The Morgan fingerprint density at radius 1 is 0.815 bits per heavy atom. The SMILES string of the molecule is CCC(C)(C)C1=CC(C)(C)C=C(c2ccc(-c3ccc(C(C)(C)C)s3)s2)S1. The van der Waals surface area contributed by atoms with Crippen molar-refractivity contribution in [3.63, 3.8) is 0 Å². The Bertz CT molecular complexity index is 879. The second kappa shape index (κ2) is 7.24. The molecule has 0 unspecified atom stereocenters. The van der Waals surface area contributed by atoms with Crippen molar-refractivity contribution in [2.75, 3.05) is 0 Å². The van der Waals surface area contributed by atoms with Gasteiger partial charge in [0.2, 0.25) is 0 Å². The standard InChI is InChI=1S/C24H32S3/c1-9-24(7,8)21-15-23(5,6)14-19(27-21)18-11-10-16(25-18)17-12-13-20(26-17)22(2,3)4/h10-15H,9H2,1-8H3. The highest BCUT2D eigenvalue weighted by Gasteiger charge is 2.30. The molecule has 3 heterocycles. The molecule has 0 aliphatic carbocycles. The molecule has 0 spiro atoms. The number of hydrogen-bond donors (Lipinski definition) is 0. The summed E-state index contributed by atoms with van der Waals surface area (Å²) in [6, 6.07) is 9.20. The molecule has 0 nitrogen and oxygen atoms in total. The first-order chi connectivity index (χ1) is 12.4. The molecule has 0 aromatic carbocycles. The summed E-state index contributed by atoms with van der Waals surface area (Å²) in [4.78, 5) is 8.55. The van der Waals surface area contributed by atoms with Crippen LogP contribution in [0.2, 0.25) is 0 Å². The van der Waals surface area contributed by atoms with Crippen LogP contribution in [0.25, 0.3) is 14.7 Å². The molecule has 2 aromatic heterocycles. The molecule has 0 bridgehead atoms. The van der Waals surface area contributed by atoms with Gasteiger partial charge in [0, 0.05) is 29.8 Å². The van der Waals surface area contributed by atoms with E-state index >= 15 is 0 Å². The van der Waals surface area contributed by atoms with Crippen molar-refractivity contribution in [3.8, 4) is 9.75 Å². The third kappa shape index (κ3) is 4.63. The normalized spacial score (nSPS) is 17.6. The molecule has 0 saturated heterocycles. The average molecular weight is 417 g/mol. The molecule has 3 heteroatoms. The van der Waals surface area contributed by atoms with E-state index in [1.165, 1.54) is 29.3 Å². The molecule has 0 atom stereocenters. The minimum Gasteiger partial charge on any atom is -0.139 e. The average Bonchev–Trinajstić information content (AvgIpc) is 3.21. The lowest BCUT2D eigenvalue weighted by molar-refractivity contribution is 0.444. The molecule has 3 rings (SSSR count). The Labute approximate surface area is 177 Å².